The van der Waals surface area contributed by atoms with Crippen LogP contribution in [-0.2, 0) is 0 Å². The van der Waals surface area contributed by atoms with E-state index in [9.17, 15) is 0 Å². The minimum absolute atomic E-state index is 0.624. The first kappa shape index (κ1) is 39.7. The topological polar surface area (TPSA) is 64.5 Å². The average molecular weight is 822 g/mol. The number of benzene rings is 8. The fraction of sp³-hybridized carbons (Fsp3) is 0.0339. The number of hydrogen-bond donors (Lipinski definition) is 0. The summed E-state index contributed by atoms with van der Waals surface area (Å²) in [5, 5.41) is 2.34. The van der Waals surface area contributed by atoms with Crippen LogP contribution < -0.4 is 0 Å². The molecule has 2 heterocycles. The van der Waals surface area contributed by atoms with Crippen LogP contribution in [0.4, 0.5) is 0 Å². The van der Waals surface area contributed by atoms with E-state index in [1.54, 1.807) is 0 Å². The molecule has 0 saturated carbocycles. The van der Waals surface area contributed by atoms with E-state index in [-0.39, 0.29) is 0 Å². The molecule has 2 aromatic heterocycles. The number of fused-ring (bicyclic) bond motifs is 1. The molecule has 0 bridgehead atoms. The van der Waals surface area contributed by atoms with Crippen LogP contribution in [0.2, 0.25) is 0 Å². The van der Waals surface area contributed by atoms with Crippen molar-refractivity contribution in [3.8, 4) is 90.1 Å². The molecule has 0 radical (unpaired) electrons. The van der Waals surface area contributed by atoms with Crippen LogP contribution in [0.5, 0.6) is 0 Å². The molecule has 0 spiro atoms. The van der Waals surface area contributed by atoms with Crippen molar-refractivity contribution in [3.05, 3.63) is 230 Å². The highest BCUT2D eigenvalue weighted by atomic mass is 15.0. The maximum atomic E-state index is 5.06. The summed E-state index contributed by atoms with van der Waals surface area (Å²) in [6.45, 7) is 4.03. The molecule has 64 heavy (non-hydrogen) atoms. The van der Waals surface area contributed by atoms with Gasteiger partial charge in [0.15, 0.2) is 23.3 Å². The Morgan fingerprint density at radius 2 is 0.797 bits per heavy atom. The van der Waals surface area contributed by atoms with Gasteiger partial charge in [0, 0.05) is 33.4 Å². The Kier molecular flexibility index (Phi) is 11.1. The smallest absolute Gasteiger partial charge is 0.164 e. The monoisotopic (exact) mass is 821 g/mol. The van der Waals surface area contributed by atoms with Gasteiger partial charge in [-0.25, -0.2) is 24.9 Å². The summed E-state index contributed by atoms with van der Waals surface area (Å²) in [6.07, 6.45) is 6.13. The van der Waals surface area contributed by atoms with Gasteiger partial charge in [0.05, 0.1) is 11.4 Å². The van der Waals surface area contributed by atoms with Crippen LogP contribution in [0.3, 0.4) is 0 Å². The van der Waals surface area contributed by atoms with Gasteiger partial charge >= 0.3 is 0 Å². The fourth-order valence-electron chi connectivity index (χ4n) is 8.13. The number of rotatable bonds is 10. The molecule has 8 aromatic carbocycles. The molecule has 10 aromatic rings. The zero-order valence-corrected chi connectivity index (χ0v) is 35.6. The third-order valence-electron chi connectivity index (χ3n) is 11.5. The maximum Gasteiger partial charge on any atom is 0.164 e. The molecule has 0 saturated heterocycles. The number of allylic oxidation sites excluding steroid dienone is 4. The van der Waals surface area contributed by atoms with Crippen molar-refractivity contribution in [3.63, 3.8) is 0 Å². The lowest BCUT2D eigenvalue weighted by molar-refractivity contribution is 1.07. The fourth-order valence-corrected chi connectivity index (χ4v) is 8.13. The van der Waals surface area contributed by atoms with E-state index < -0.39 is 0 Å². The number of hydrogen-bond acceptors (Lipinski definition) is 5. The van der Waals surface area contributed by atoms with Gasteiger partial charge in [-0.15, -0.1) is 0 Å². The lowest BCUT2D eigenvalue weighted by Crippen LogP contribution is -2.00. The van der Waals surface area contributed by atoms with Gasteiger partial charge in [0.2, 0.25) is 0 Å². The highest BCUT2D eigenvalue weighted by Crippen LogP contribution is 2.35. The van der Waals surface area contributed by atoms with Crippen molar-refractivity contribution in [2.24, 2.45) is 0 Å². The Morgan fingerprint density at radius 3 is 1.44 bits per heavy atom. The van der Waals surface area contributed by atoms with E-state index >= 15 is 0 Å². The highest BCUT2D eigenvalue weighted by molar-refractivity contribution is 5.99. The summed E-state index contributed by atoms with van der Waals surface area (Å²) >= 11 is 0. The lowest BCUT2D eigenvalue weighted by atomic mass is 9.94. The normalized spacial score (nSPS) is 11.6. The van der Waals surface area contributed by atoms with E-state index in [0.717, 1.165) is 72.4 Å². The van der Waals surface area contributed by atoms with E-state index in [0.29, 0.717) is 23.3 Å². The average Bonchev–Trinajstić information content (AvgIpc) is 3.38. The summed E-state index contributed by atoms with van der Waals surface area (Å²) in [6, 6.07) is 71.7. The SMILES string of the molecule is C/C=C\C(=C/C)c1nc(-c2ccccc2)cc(-c2ccc(-c3cccc4cc(-c5cccc(-c6nc(-c7ccccc7)nc(-c7ccc(-c8ccccc8)cc7)n6)c5)ccc34)cc2)n1. The molecule has 5 nitrogen and oxygen atoms in total. The molecule has 0 amide bonds. The van der Waals surface area contributed by atoms with Crippen molar-refractivity contribution < 1.29 is 0 Å². The van der Waals surface area contributed by atoms with Gasteiger partial charge < -0.3 is 0 Å². The van der Waals surface area contributed by atoms with E-state index in [4.69, 9.17) is 24.9 Å². The third kappa shape index (κ3) is 8.31. The van der Waals surface area contributed by atoms with Crippen LogP contribution in [0.1, 0.15) is 19.7 Å². The van der Waals surface area contributed by atoms with Crippen LogP contribution >= 0.6 is 0 Å². The Hall–Kier alpha value is -8.41. The first-order valence-electron chi connectivity index (χ1n) is 21.6. The maximum absolute atomic E-state index is 5.06. The van der Waals surface area contributed by atoms with E-state index in [2.05, 4.69) is 164 Å². The summed E-state index contributed by atoms with van der Waals surface area (Å²) < 4.78 is 0. The molecule has 0 aliphatic heterocycles. The molecule has 304 valence electrons. The standard InChI is InChI=1S/C59H43N5/c1-3-16-40(4-2)56-60-54(44-19-10-6-11-20-44)39-55(61-56)45-31-29-43(30-32-45)52-26-15-24-50-37-49(35-36-53(50)52)48-23-14-25-51(38-48)59-63-57(46-21-12-7-13-22-46)62-58(64-59)47-33-27-42(28-34-47)41-17-8-5-9-18-41/h3-39H,1-2H3/b16-3-,40-4+. The number of aromatic nitrogens is 5. The van der Waals surface area contributed by atoms with Gasteiger partial charge in [-0.05, 0) is 76.2 Å². The van der Waals surface area contributed by atoms with Gasteiger partial charge in [0.25, 0.3) is 0 Å². The molecule has 0 atom stereocenters. The van der Waals surface area contributed by atoms with Gasteiger partial charge in [-0.2, -0.15) is 0 Å². The van der Waals surface area contributed by atoms with Gasteiger partial charge in [0.1, 0.15) is 0 Å². The molecule has 10 rings (SSSR count). The summed E-state index contributed by atoms with van der Waals surface area (Å²) in [4.78, 5) is 25.1. The zero-order chi connectivity index (χ0) is 43.2. The van der Waals surface area contributed by atoms with E-state index in [1.807, 2.05) is 74.5 Å². The molecular formula is C59H43N5. The first-order chi connectivity index (χ1) is 31.6. The molecule has 5 heteroatoms. The summed E-state index contributed by atoms with van der Waals surface area (Å²) in [5.74, 6) is 2.59. The first-order valence-corrected chi connectivity index (χ1v) is 21.6. The van der Waals surface area contributed by atoms with Gasteiger partial charge in [-0.3, -0.25) is 0 Å². The second kappa shape index (κ2) is 17.9. The van der Waals surface area contributed by atoms with Crippen LogP contribution in [-0.4, -0.2) is 24.9 Å². The largest absolute Gasteiger partial charge is 0.228 e. The Labute approximate surface area is 373 Å². The van der Waals surface area contributed by atoms with Crippen molar-refractivity contribution in [2.75, 3.05) is 0 Å². The molecule has 0 aliphatic carbocycles. The molecule has 0 aliphatic rings. The van der Waals surface area contributed by atoms with Crippen LogP contribution in [0.25, 0.3) is 106 Å². The molecule has 0 N–H and O–H groups in total. The van der Waals surface area contributed by atoms with Crippen molar-refractivity contribution >= 4 is 16.3 Å². The predicted octanol–water partition coefficient (Wildman–Crippen LogP) is 15.1. The van der Waals surface area contributed by atoms with Crippen molar-refractivity contribution in [1.29, 1.82) is 0 Å². The molecule has 0 unspecified atom stereocenters. The Bertz CT molecular complexity index is 3300. The van der Waals surface area contributed by atoms with Crippen molar-refractivity contribution in [2.45, 2.75) is 13.8 Å². The predicted molar refractivity (Wildman–Crippen MR) is 265 cm³/mol. The lowest BCUT2D eigenvalue weighted by Gasteiger charge is -2.12. The molecule has 0 fully saturated rings. The zero-order valence-electron chi connectivity index (χ0n) is 35.6. The minimum atomic E-state index is 0.624. The second-order valence-electron chi connectivity index (χ2n) is 15.6. The highest BCUT2D eigenvalue weighted by Gasteiger charge is 2.15. The molecular weight excluding hydrogens is 779 g/mol. The van der Waals surface area contributed by atoms with Crippen LogP contribution in [0.15, 0.2) is 224 Å². The van der Waals surface area contributed by atoms with Gasteiger partial charge in [-0.1, -0.05) is 206 Å². The van der Waals surface area contributed by atoms with Crippen molar-refractivity contribution in [1.82, 2.24) is 24.9 Å². The summed E-state index contributed by atoms with van der Waals surface area (Å²) in [5.41, 5.74) is 14.5. The van der Waals surface area contributed by atoms with E-state index in [1.165, 1.54) is 16.5 Å². The van der Waals surface area contributed by atoms with Crippen LogP contribution in [0, 0.1) is 0 Å². The Morgan fingerprint density at radius 1 is 0.344 bits per heavy atom. The minimum Gasteiger partial charge on any atom is -0.228 e. The second-order valence-corrected chi connectivity index (χ2v) is 15.6. The number of nitrogens with zero attached hydrogens (tertiary/aromatic N) is 5. The third-order valence-corrected chi connectivity index (χ3v) is 11.5. The Balaban J connectivity index is 0.967. The quantitative estimate of drug-likeness (QED) is 0.129. The summed E-state index contributed by atoms with van der Waals surface area (Å²) in [7, 11) is 0.